The van der Waals surface area contributed by atoms with Crippen molar-refractivity contribution in [3.63, 3.8) is 0 Å². The molecule has 2 N–H and O–H groups in total. The third-order valence-electron chi connectivity index (χ3n) is 2.15. The van der Waals surface area contributed by atoms with Gasteiger partial charge >= 0.3 is 0 Å². The Hall–Kier alpha value is 0.190. The van der Waals surface area contributed by atoms with Crippen LogP contribution in [0.15, 0.2) is 0 Å². The molecule has 0 aliphatic heterocycles. The number of aliphatic hydroxyl groups is 2. The van der Waals surface area contributed by atoms with Crippen LogP contribution in [0.5, 0.6) is 0 Å². The molecule has 16 heavy (non-hydrogen) atoms. The molecule has 0 atom stereocenters. The Labute approximate surface area is 113 Å². The standard InChI is InChI=1S/C11H18O2S3/c12-7-5-10(15)3-1-9(14)2-4-11(16)6-8-13/h12-13H,1-8H2. The Kier molecular flexibility index (Phi) is 10.5. The Morgan fingerprint density at radius 3 is 1.06 bits per heavy atom. The van der Waals surface area contributed by atoms with Crippen molar-refractivity contribution in [2.75, 3.05) is 13.2 Å². The molecular weight excluding hydrogens is 260 g/mol. The molecule has 0 heterocycles. The molecule has 0 unspecified atom stereocenters. The first-order chi connectivity index (χ1) is 7.60. The highest BCUT2D eigenvalue weighted by atomic mass is 32.1. The van der Waals surface area contributed by atoms with Crippen LogP contribution in [0, 0.1) is 0 Å². The van der Waals surface area contributed by atoms with Crippen molar-refractivity contribution >= 4 is 51.2 Å². The first-order valence-corrected chi connectivity index (χ1v) is 6.59. The van der Waals surface area contributed by atoms with E-state index < -0.39 is 0 Å². The zero-order valence-corrected chi connectivity index (χ0v) is 11.7. The van der Waals surface area contributed by atoms with Gasteiger partial charge in [-0.25, -0.2) is 0 Å². The molecular formula is C11H18O2S3. The SMILES string of the molecule is OCCC(=S)CCC(=S)CCC(=S)CCO. The van der Waals surface area contributed by atoms with Crippen LogP contribution in [0.2, 0.25) is 0 Å². The van der Waals surface area contributed by atoms with E-state index in [1.165, 1.54) is 0 Å². The predicted molar refractivity (Wildman–Crippen MR) is 79.7 cm³/mol. The van der Waals surface area contributed by atoms with Gasteiger partial charge in [-0.2, -0.15) is 0 Å². The van der Waals surface area contributed by atoms with Crippen molar-refractivity contribution in [3.05, 3.63) is 0 Å². The summed E-state index contributed by atoms with van der Waals surface area (Å²) in [7, 11) is 0. The fourth-order valence-electron chi connectivity index (χ4n) is 1.18. The number of hydrogen-bond donors (Lipinski definition) is 2. The molecule has 0 fully saturated rings. The average Bonchev–Trinajstić information content (AvgIpc) is 2.24. The number of hydrogen-bond acceptors (Lipinski definition) is 5. The lowest BCUT2D eigenvalue weighted by molar-refractivity contribution is 0.307. The maximum absolute atomic E-state index is 8.68. The highest BCUT2D eigenvalue weighted by Crippen LogP contribution is 2.07. The topological polar surface area (TPSA) is 40.5 Å². The molecule has 0 radical (unpaired) electrons. The lowest BCUT2D eigenvalue weighted by Gasteiger charge is -2.05. The van der Waals surface area contributed by atoms with E-state index >= 15 is 0 Å². The molecule has 0 saturated heterocycles. The second kappa shape index (κ2) is 10.4. The van der Waals surface area contributed by atoms with Crippen molar-refractivity contribution < 1.29 is 10.2 Å². The highest BCUT2D eigenvalue weighted by molar-refractivity contribution is 7.81. The van der Waals surface area contributed by atoms with E-state index in [0.717, 1.165) is 40.3 Å². The fourth-order valence-corrected chi connectivity index (χ4v) is 1.77. The van der Waals surface area contributed by atoms with Crippen molar-refractivity contribution in [2.24, 2.45) is 0 Å². The van der Waals surface area contributed by atoms with Gasteiger partial charge < -0.3 is 10.2 Å². The summed E-state index contributed by atoms with van der Waals surface area (Å²) >= 11 is 15.4. The van der Waals surface area contributed by atoms with E-state index in [9.17, 15) is 0 Å². The summed E-state index contributed by atoms with van der Waals surface area (Å²) in [5.74, 6) is 0. The Bertz CT molecular complexity index is 228. The minimum absolute atomic E-state index is 0.117. The quantitative estimate of drug-likeness (QED) is 0.601. The summed E-state index contributed by atoms with van der Waals surface area (Å²) in [6.45, 7) is 0.234. The molecule has 92 valence electrons. The van der Waals surface area contributed by atoms with E-state index in [0.29, 0.717) is 12.8 Å². The molecule has 0 saturated carbocycles. The van der Waals surface area contributed by atoms with Gasteiger partial charge in [0.25, 0.3) is 0 Å². The molecule has 0 aliphatic carbocycles. The molecule has 5 heteroatoms. The van der Waals surface area contributed by atoms with Crippen LogP contribution < -0.4 is 0 Å². The lowest BCUT2D eigenvalue weighted by atomic mass is 10.1. The van der Waals surface area contributed by atoms with Gasteiger partial charge in [-0.1, -0.05) is 36.7 Å². The fraction of sp³-hybridized carbons (Fsp3) is 0.727. The highest BCUT2D eigenvalue weighted by Gasteiger charge is 2.03. The van der Waals surface area contributed by atoms with E-state index in [1.807, 2.05) is 0 Å². The third-order valence-corrected chi connectivity index (χ3v) is 3.37. The van der Waals surface area contributed by atoms with Crippen LogP contribution in [0.3, 0.4) is 0 Å². The maximum atomic E-state index is 8.68. The smallest absolute Gasteiger partial charge is 0.0476 e. The van der Waals surface area contributed by atoms with Gasteiger partial charge in [0.15, 0.2) is 0 Å². The minimum atomic E-state index is 0.117. The molecule has 0 rings (SSSR count). The predicted octanol–water partition coefficient (Wildman–Crippen LogP) is 2.42. The Morgan fingerprint density at radius 2 is 0.812 bits per heavy atom. The summed E-state index contributed by atoms with van der Waals surface area (Å²) in [5, 5.41) is 17.4. The molecule has 0 spiro atoms. The summed E-state index contributed by atoms with van der Waals surface area (Å²) < 4.78 is 0. The Morgan fingerprint density at radius 1 is 0.562 bits per heavy atom. The van der Waals surface area contributed by atoms with Crippen LogP contribution in [0.25, 0.3) is 0 Å². The second-order valence-electron chi connectivity index (χ2n) is 3.56. The van der Waals surface area contributed by atoms with E-state index in [-0.39, 0.29) is 13.2 Å². The maximum Gasteiger partial charge on any atom is 0.0476 e. The molecule has 0 bridgehead atoms. The molecule has 2 nitrogen and oxygen atoms in total. The first kappa shape index (κ1) is 16.2. The average molecular weight is 278 g/mol. The normalized spacial score (nSPS) is 10.1. The zero-order chi connectivity index (χ0) is 12.4. The molecule has 0 aliphatic rings. The molecule has 0 aromatic heterocycles. The van der Waals surface area contributed by atoms with Crippen LogP contribution in [-0.4, -0.2) is 38.0 Å². The van der Waals surface area contributed by atoms with Crippen LogP contribution in [0.4, 0.5) is 0 Å². The van der Waals surface area contributed by atoms with Crippen molar-refractivity contribution in [3.8, 4) is 0 Å². The van der Waals surface area contributed by atoms with Crippen LogP contribution in [0.1, 0.15) is 38.5 Å². The molecule has 0 aromatic carbocycles. The van der Waals surface area contributed by atoms with Gasteiger partial charge in [-0.05, 0) is 40.3 Å². The van der Waals surface area contributed by atoms with Crippen molar-refractivity contribution in [1.82, 2.24) is 0 Å². The van der Waals surface area contributed by atoms with E-state index in [1.54, 1.807) is 0 Å². The van der Waals surface area contributed by atoms with E-state index in [2.05, 4.69) is 0 Å². The largest absolute Gasteiger partial charge is 0.396 e. The monoisotopic (exact) mass is 278 g/mol. The van der Waals surface area contributed by atoms with Crippen molar-refractivity contribution in [1.29, 1.82) is 0 Å². The zero-order valence-electron chi connectivity index (χ0n) is 9.28. The number of aliphatic hydroxyl groups excluding tert-OH is 2. The van der Waals surface area contributed by atoms with Crippen molar-refractivity contribution in [2.45, 2.75) is 38.5 Å². The van der Waals surface area contributed by atoms with Gasteiger partial charge in [0.1, 0.15) is 0 Å². The first-order valence-electron chi connectivity index (χ1n) is 5.37. The van der Waals surface area contributed by atoms with Gasteiger partial charge in [0, 0.05) is 26.1 Å². The molecule has 0 aromatic rings. The number of rotatable bonds is 10. The Balaban J connectivity index is 3.59. The number of thiocarbonyl (C=S) groups is 3. The summed E-state index contributed by atoms with van der Waals surface area (Å²) in [5.41, 5.74) is 0. The van der Waals surface area contributed by atoms with Gasteiger partial charge in [-0.15, -0.1) is 0 Å². The lowest BCUT2D eigenvalue weighted by Crippen LogP contribution is -2.05. The summed E-state index contributed by atoms with van der Waals surface area (Å²) in [6.07, 6.45) is 4.33. The van der Waals surface area contributed by atoms with Gasteiger partial charge in [-0.3, -0.25) is 0 Å². The second-order valence-corrected chi connectivity index (χ2v) is 5.30. The third kappa shape index (κ3) is 9.42. The summed E-state index contributed by atoms with van der Waals surface area (Å²) in [6, 6.07) is 0. The van der Waals surface area contributed by atoms with Crippen LogP contribution in [-0.2, 0) is 0 Å². The van der Waals surface area contributed by atoms with Gasteiger partial charge in [0.05, 0.1) is 0 Å². The van der Waals surface area contributed by atoms with E-state index in [4.69, 9.17) is 46.9 Å². The minimum Gasteiger partial charge on any atom is -0.396 e. The van der Waals surface area contributed by atoms with Crippen LogP contribution >= 0.6 is 36.7 Å². The van der Waals surface area contributed by atoms with Gasteiger partial charge in [0.2, 0.25) is 0 Å². The summed E-state index contributed by atoms with van der Waals surface area (Å²) in [4.78, 5) is 2.73. The molecule has 0 amide bonds.